The van der Waals surface area contributed by atoms with Crippen molar-refractivity contribution in [2.75, 3.05) is 19.5 Å². The lowest BCUT2D eigenvalue weighted by atomic mass is 10.3. The minimum Gasteiger partial charge on any atom is -0.493 e. The Morgan fingerprint density at radius 1 is 1.50 bits per heavy atom. The van der Waals surface area contributed by atoms with Crippen molar-refractivity contribution in [1.29, 1.82) is 0 Å². The number of nitrogens with zero attached hydrogens (tertiary/aromatic N) is 1. The maximum Gasteiger partial charge on any atom is 0.314 e. The Hall–Kier alpha value is -1.43. The monoisotopic (exact) mass is 243 g/mol. The average Bonchev–Trinajstić information content (AvgIpc) is 2.29. The smallest absolute Gasteiger partial charge is 0.314 e. The maximum atomic E-state index is 10.7. The first kappa shape index (κ1) is 12.6. The molecule has 0 aromatic heterocycles. The van der Waals surface area contributed by atoms with E-state index >= 15 is 0 Å². The van der Waals surface area contributed by atoms with Crippen LogP contribution in [0.3, 0.4) is 0 Å². The van der Waals surface area contributed by atoms with Gasteiger partial charge in [-0.2, -0.15) is 12.6 Å². The second-order valence-electron chi connectivity index (χ2n) is 3.02. The van der Waals surface area contributed by atoms with Crippen LogP contribution in [-0.4, -0.2) is 24.4 Å². The Morgan fingerprint density at radius 2 is 2.25 bits per heavy atom. The van der Waals surface area contributed by atoms with E-state index in [-0.39, 0.29) is 11.4 Å². The number of rotatable bonds is 6. The molecule has 0 atom stereocenters. The van der Waals surface area contributed by atoms with E-state index in [0.717, 1.165) is 12.2 Å². The largest absolute Gasteiger partial charge is 0.493 e. The van der Waals surface area contributed by atoms with Crippen LogP contribution in [0.25, 0.3) is 0 Å². The van der Waals surface area contributed by atoms with Gasteiger partial charge in [0.15, 0.2) is 5.75 Å². The molecule has 0 amide bonds. The van der Waals surface area contributed by atoms with Crippen molar-refractivity contribution in [3.05, 3.63) is 28.3 Å². The summed E-state index contributed by atoms with van der Waals surface area (Å²) in [5.74, 6) is 1.42. The number of nitro benzene ring substituents is 1. The van der Waals surface area contributed by atoms with E-state index in [9.17, 15) is 10.1 Å². The molecule has 1 aromatic rings. The molecule has 6 heteroatoms. The Kier molecular flexibility index (Phi) is 4.91. The predicted octanol–water partition coefficient (Wildman–Crippen LogP) is 2.30. The highest BCUT2D eigenvalue weighted by Crippen LogP contribution is 2.30. The van der Waals surface area contributed by atoms with E-state index in [2.05, 4.69) is 12.6 Å². The second kappa shape index (κ2) is 6.22. The molecule has 0 radical (unpaired) electrons. The standard InChI is InChI=1S/C10H13NO4S/c1-14-10-4-3-8(15-5-2-6-16)7-9(10)11(12)13/h3-4,7,16H,2,5-6H2,1H3. The van der Waals surface area contributed by atoms with Crippen molar-refractivity contribution in [3.8, 4) is 11.5 Å². The van der Waals surface area contributed by atoms with Gasteiger partial charge in [0.05, 0.1) is 24.7 Å². The van der Waals surface area contributed by atoms with Crippen molar-refractivity contribution in [2.24, 2.45) is 0 Å². The topological polar surface area (TPSA) is 61.6 Å². The molecular formula is C10H13NO4S. The zero-order chi connectivity index (χ0) is 12.0. The summed E-state index contributed by atoms with van der Waals surface area (Å²) in [5.41, 5.74) is -0.0918. The van der Waals surface area contributed by atoms with Gasteiger partial charge in [-0.1, -0.05) is 0 Å². The third-order valence-corrected chi connectivity index (χ3v) is 2.23. The molecule has 0 saturated carbocycles. The summed E-state index contributed by atoms with van der Waals surface area (Å²) >= 11 is 4.04. The normalized spacial score (nSPS) is 9.88. The molecule has 0 spiro atoms. The molecule has 88 valence electrons. The quantitative estimate of drug-likeness (QED) is 0.360. The third kappa shape index (κ3) is 3.30. The second-order valence-corrected chi connectivity index (χ2v) is 3.46. The van der Waals surface area contributed by atoms with Crippen LogP contribution in [0.2, 0.25) is 0 Å². The molecule has 0 aliphatic heterocycles. The van der Waals surface area contributed by atoms with Crippen LogP contribution in [-0.2, 0) is 0 Å². The molecule has 0 bridgehead atoms. The maximum absolute atomic E-state index is 10.7. The molecule has 0 N–H and O–H groups in total. The fraction of sp³-hybridized carbons (Fsp3) is 0.400. The van der Waals surface area contributed by atoms with Gasteiger partial charge in [-0.25, -0.2) is 0 Å². The van der Waals surface area contributed by atoms with Crippen molar-refractivity contribution in [1.82, 2.24) is 0 Å². The third-order valence-electron chi connectivity index (χ3n) is 1.92. The fourth-order valence-electron chi connectivity index (χ4n) is 1.16. The van der Waals surface area contributed by atoms with E-state index in [0.29, 0.717) is 12.4 Å². The molecular weight excluding hydrogens is 230 g/mol. The lowest BCUT2D eigenvalue weighted by Crippen LogP contribution is -1.99. The fourth-order valence-corrected chi connectivity index (χ4v) is 1.29. The number of nitro groups is 1. The summed E-state index contributed by atoms with van der Waals surface area (Å²) < 4.78 is 10.2. The zero-order valence-corrected chi connectivity index (χ0v) is 9.78. The number of benzene rings is 1. The number of methoxy groups -OCH3 is 1. The van der Waals surface area contributed by atoms with Crippen LogP contribution in [0.4, 0.5) is 5.69 Å². The van der Waals surface area contributed by atoms with E-state index < -0.39 is 4.92 Å². The first-order valence-electron chi connectivity index (χ1n) is 4.75. The van der Waals surface area contributed by atoms with E-state index in [1.54, 1.807) is 6.07 Å². The van der Waals surface area contributed by atoms with Crippen LogP contribution < -0.4 is 9.47 Å². The minimum absolute atomic E-state index is 0.0918. The zero-order valence-electron chi connectivity index (χ0n) is 8.88. The van der Waals surface area contributed by atoms with Crippen molar-refractivity contribution in [3.63, 3.8) is 0 Å². The highest BCUT2D eigenvalue weighted by Gasteiger charge is 2.15. The Labute approximate surface area is 98.9 Å². The molecule has 0 heterocycles. The molecule has 1 rings (SSSR count). The SMILES string of the molecule is COc1ccc(OCCCS)cc1[N+](=O)[O-]. The predicted molar refractivity (Wildman–Crippen MR) is 63.6 cm³/mol. The Balaban J connectivity index is 2.81. The van der Waals surface area contributed by atoms with Crippen LogP contribution in [0.5, 0.6) is 11.5 Å². The van der Waals surface area contributed by atoms with Gasteiger partial charge < -0.3 is 9.47 Å². The van der Waals surface area contributed by atoms with Gasteiger partial charge in [-0.05, 0) is 24.3 Å². The van der Waals surface area contributed by atoms with Gasteiger partial charge in [0.2, 0.25) is 0 Å². The van der Waals surface area contributed by atoms with Gasteiger partial charge >= 0.3 is 5.69 Å². The molecule has 0 aliphatic carbocycles. The van der Waals surface area contributed by atoms with Crippen LogP contribution in [0.15, 0.2) is 18.2 Å². The van der Waals surface area contributed by atoms with Gasteiger partial charge in [0.1, 0.15) is 5.75 Å². The molecule has 0 unspecified atom stereocenters. The van der Waals surface area contributed by atoms with Gasteiger partial charge in [-0.15, -0.1) is 0 Å². The molecule has 1 aromatic carbocycles. The summed E-state index contributed by atoms with van der Waals surface area (Å²) in [5, 5.41) is 10.7. The summed E-state index contributed by atoms with van der Waals surface area (Å²) in [6.07, 6.45) is 0.795. The summed E-state index contributed by atoms with van der Waals surface area (Å²) in [7, 11) is 1.39. The van der Waals surface area contributed by atoms with E-state index in [1.807, 2.05) is 0 Å². The summed E-state index contributed by atoms with van der Waals surface area (Å²) in [4.78, 5) is 10.2. The lowest BCUT2D eigenvalue weighted by Gasteiger charge is -2.06. The molecule has 0 fully saturated rings. The van der Waals surface area contributed by atoms with Crippen molar-refractivity contribution < 1.29 is 14.4 Å². The molecule has 0 saturated heterocycles. The first-order chi connectivity index (χ1) is 7.69. The van der Waals surface area contributed by atoms with Crippen LogP contribution in [0, 0.1) is 10.1 Å². The van der Waals surface area contributed by atoms with Gasteiger partial charge in [0.25, 0.3) is 0 Å². The highest BCUT2D eigenvalue weighted by molar-refractivity contribution is 7.80. The molecule has 5 nitrogen and oxygen atoms in total. The lowest BCUT2D eigenvalue weighted by molar-refractivity contribution is -0.385. The number of thiol groups is 1. The number of hydrogen-bond acceptors (Lipinski definition) is 5. The van der Waals surface area contributed by atoms with Crippen molar-refractivity contribution in [2.45, 2.75) is 6.42 Å². The number of hydrogen-bond donors (Lipinski definition) is 1. The highest BCUT2D eigenvalue weighted by atomic mass is 32.1. The number of ether oxygens (including phenoxy) is 2. The van der Waals surface area contributed by atoms with Crippen molar-refractivity contribution >= 4 is 18.3 Å². The van der Waals surface area contributed by atoms with Crippen LogP contribution in [0.1, 0.15) is 6.42 Å². The minimum atomic E-state index is -0.496. The van der Waals surface area contributed by atoms with Crippen LogP contribution >= 0.6 is 12.6 Å². The Morgan fingerprint density at radius 3 is 2.81 bits per heavy atom. The summed E-state index contributed by atoms with van der Waals surface area (Å²) in [6, 6.07) is 4.52. The Bertz CT molecular complexity index is 370. The van der Waals surface area contributed by atoms with E-state index in [4.69, 9.17) is 9.47 Å². The van der Waals surface area contributed by atoms with Gasteiger partial charge in [0, 0.05) is 0 Å². The first-order valence-corrected chi connectivity index (χ1v) is 5.38. The van der Waals surface area contributed by atoms with Gasteiger partial charge in [-0.3, -0.25) is 10.1 Å². The summed E-state index contributed by atoms with van der Waals surface area (Å²) in [6.45, 7) is 0.493. The average molecular weight is 243 g/mol. The molecule has 16 heavy (non-hydrogen) atoms. The van der Waals surface area contributed by atoms with E-state index in [1.165, 1.54) is 19.2 Å². The molecule has 0 aliphatic rings.